The lowest BCUT2D eigenvalue weighted by molar-refractivity contribution is 0.765. The Labute approximate surface area is 67.5 Å². The van der Waals surface area contributed by atoms with Gasteiger partial charge < -0.3 is 5.73 Å². The van der Waals surface area contributed by atoms with Crippen LogP contribution in [0.25, 0.3) is 0 Å². The molecule has 1 aromatic rings. The molecule has 1 atom stereocenters. The second kappa shape index (κ2) is 3.49. The minimum absolute atomic E-state index is 0.443. The van der Waals surface area contributed by atoms with Crippen LogP contribution in [0.4, 0.5) is 0 Å². The van der Waals surface area contributed by atoms with Crippen LogP contribution in [0.15, 0.2) is 18.5 Å². The zero-order valence-corrected chi connectivity index (χ0v) is 7.04. The van der Waals surface area contributed by atoms with Gasteiger partial charge in [0, 0.05) is 12.4 Å². The summed E-state index contributed by atoms with van der Waals surface area (Å²) in [7, 11) is 0. The van der Waals surface area contributed by atoms with Crippen LogP contribution < -0.4 is 5.73 Å². The molecular weight excluding hydrogens is 136 g/mol. The van der Waals surface area contributed by atoms with Crippen molar-refractivity contribution in [3.8, 4) is 0 Å². The van der Waals surface area contributed by atoms with Crippen molar-refractivity contribution in [1.29, 1.82) is 0 Å². The highest BCUT2D eigenvalue weighted by Crippen LogP contribution is 2.16. The summed E-state index contributed by atoms with van der Waals surface area (Å²) in [6.07, 6.45) is 3.69. The number of nitrogens with zero attached hydrogens (tertiary/aromatic N) is 1. The van der Waals surface area contributed by atoms with Gasteiger partial charge in [0.05, 0.1) is 0 Å². The van der Waals surface area contributed by atoms with Gasteiger partial charge in [-0.05, 0) is 36.6 Å². The second-order valence-electron chi connectivity index (χ2n) is 2.87. The van der Waals surface area contributed by atoms with E-state index in [1.54, 1.807) is 0 Å². The highest BCUT2D eigenvalue weighted by atomic mass is 14.6. The van der Waals surface area contributed by atoms with Crippen LogP contribution in [0.5, 0.6) is 0 Å². The monoisotopic (exact) mass is 150 g/mol. The zero-order chi connectivity index (χ0) is 8.27. The summed E-state index contributed by atoms with van der Waals surface area (Å²) in [6.45, 7) is 4.89. The van der Waals surface area contributed by atoms with Crippen molar-refractivity contribution in [3.63, 3.8) is 0 Å². The molecule has 0 aromatic carbocycles. The van der Waals surface area contributed by atoms with Crippen molar-refractivity contribution in [2.75, 3.05) is 6.54 Å². The Kier molecular flexibility index (Phi) is 2.60. The smallest absolute Gasteiger partial charge is 0.0299 e. The molecule has 0 saturated carbocycles. The molecule has 0 aliphatic carbocycles. The van der Waals surface area contributed by atoms with Crippen LogP contribution in [0.1, 0.15) is 24.0 Å². The van der Waals surface area contributed by atoms with Crippen molar-refractivity contribution < 1.29 is 0 Å². The molecule has 0 aliphatic rings. The van der Waals surface area contributed by atoms with Crippen LogP contribution in [-0.2, 0) is 0 Å². The molecule has 1 unspecified atom stereocenters. The van der Waals surface area contributed by atoms with E-state index in [1.807, 2.05) is 18.5 Å². The number of pyridine rings is 1. The fraction of sp³-hybridized carbons (Fsp3) is 0.444. The molecule has 0 amide bonds. The molecular formula is C9H14N2. The summed E-state index contributed by atoms with van der Waals surface area (Å²) in [5, 5.41) is 0. The van der Waals surface area contributed by atoms with E-state index < -0.39 is 0 Å². The molecule has 2 N–H and O–H groups in total. The van der Waals surface area contributed by atoms with Gasteiger partial charge in [-0.3, -0.25) is 4.98 Å². The highest BCUT2D eigenvalue weighted by molar-refractivity contribution is 5.25. The summed E-state index contributed by atoms with van der Waals surface area (Å²) in [5.74, 6) is 0.443. The number of hydrogen-bond acceptors (Lipinski definition) is 2. The zero-order valence-electron chi connectivity index (χ0n) is 7.04. The van der Waals surface area contributed by atoms with Crippen molar-refractivity contribution in [1.82, 2.24) is 4.98 Å². The van der Waals surface area contributed by atoms with E-state index in [4.69, 9.17) is 5.73 Å². The van der Waals surface area contributed by atoms with Gasteiger partial charge >= 0.3 is 0 Å². The minimum Gasteiger partial charge on any atom is -0.330 e. The Morgan fingerprint density at radius 3 is 2.91 bits per heavy atom. The lowest BCUT2D eigenvalue weighted by atomic mass is 9.99. The Morgan fingerprint density at radius 2 is 2.36 bits per heavy atom. The summed E-state index contributed by atoms with van der Waals surface area (Å²) >= 11 is 0. The van der Waals surface area contributed by atoms with Gasteiger partial charge in [0.2, 0.25) is 0 Å². The van der Waals surface area contributed by atoms with E-state index in [0.717, 1.165) is 0 Å². The van der Waals surface area contributed by atoms with Crippen LogP contribution in [0, 0.1) is 6.92 Å². The fourth-order valence-electron chi connectivity index (χ4n) is 1.16. The number of aryl methyl sites for hydroxylation is 1. The third-order valence-corrected chi connectivity index (χ3v) is 1.95. The average Bonchev–Trinajstić information content (AvgIpc) is 2.04. The van der Waals surface area contributed by atoms with Crippen LogP contribution in [0.2, 0.25) is 0 Å². The van der Waals surface area contributed by atoms with Crippen LogP contribution >= 0.6 is 0 Å². The quantitative estimate of drug-likeness (QED) is 0.693. The van der Waals surface area contributed by atoms with E-state index in [0.29, 0.717) is 12.5 Å². The molecule has 1 heterocycles. The van der Waals surface area contributed by atoms with E-state index in [-0.39, 0.29) is 0 Å². The summed E-state index contributed by atoms with van der Waals surface area (Å²) in [4.78, 5) is 4.02. The van der Waals surface area contributed by atoms with Gasteiger partial charge in [0.25, 0.3) is 0 Å². The molecule has 0 bridgehead atoms. The third kappa shape index (κ3) is 1.77. The predicted octanol–water partition coefficient (Wildman–Crippen LogP) is 1.45. The molecule has 0 spiro atoms. The standard InChI is InChI=1S/C9H14N2/c1-7(5-10)9-3-4-11-6-8(9)2/h3-4,6-7H,5,10H2,1-2H3. The molecule has 1 rings (SSSR count). The van der Waals surface area contributed by atoms with Crippen molar-refractivity contribution >= 4 is 0 Å². The number of nitrogens with two attached hydrogens (primary N) is 1. The lowest BCUT2D eigenvalue weighted by Crippen LogP contribution is -2.10. The van der Waals surface area contributed by atoms with Gasteiger partial charge in [0.1, 0.15) is 0 Å². The fourth-order valence-corrected chi connectivity index (χ4v) is 1.16. The number of hydrogen-bond donors (Lipinski definition) is 1. The van der Waals surface area contributed by atoms with Crippen molar-refractivity contribution in [2.45, 2.75) is 19.8 Å². The molecule has 0 fully saturated rings. The molecule has 2 heteroatoms. The van der Waals surface area contributed by atoms with Crippen LogP contribution in [-0.4, -0.2) is 11.5 Å². The molecule has 2 nitrogen and oxygen atoms in total. The van der Waals surface area contributed by atoms with E-state index in [1.165, 1.54) is 11.1 Å². The molecule has 0 radical (unpaired) electrons. The summed E-state index contributed by atoms with van der Waals surface area (Å²) in [5.41, 5.74) is 8.09. The van der Waals surface area contributed by atoms with Gasteiger partial charge in [-0.2, -0.15) is 0 Å². The SMILES string of the molecule is Cc1cnccc1C(C)CN. The van der Waals surface area contributed by atoms with Gasteiger partial charge in [-0.15, -0.1) is 0 Å². The van der Waals surface area contributed by atoms with E-state index in [9.17, 15) is 0 Å². The Morgan fingerprint density at radius 1 is 1.64 bits per heavy atom. The summed E-state index contributed by atoms with van der Waals surface area (Å²) in [6, 6.07) is 2.03. The molecule has 0 aliphatic heterocycles. The maximum absolute atomic E-state index is 5.55. The number of rotatable bonds is 2. The largest absolute Gasteiger partial charge is 0.330 e. The third-order valence-electron chi connectivity index (χ3n) is 1.95. The first-order valence-electron chi connectivity index (χ1n) is 3.86. The first-order chi connectivity index (χ1) is 5.25. The summed E-state index contributed by atoms with van der Waals surface area (Å²) < 4.78 is 0. The van der Waals surface area contributed by atoms with E-state index in [2.05, 4.69) is 18.8 Å². The van der Waals surface area contributed by atoms with E-state index >= 15 is 0 Å². The first-order valence-corrected chi connectivity index (χ1v) is 3.86. The predicted molar refractivity (Wildman–Crippen MR) is 46.4 cm³/mol. The maximum atomic E-state index is 5.55. The highest BCUT2D eigenvalue weighted by Gasteiger charge is 2.04. The van der Waals surface area contributed by atoms with Crippen molar-refractivity contribution in [2.24, 2.45) is 5.73 Å². The average molecular weight is 150 g/mol. The Bertz CT molecular complexity index is 233. The molecule has 1 aromatic heterocycles. The first kappa shape index (κ1) is 8.21. The Balaban J connectivity index is 2.93. The van der Waals surface area contributed by atoms with Gasteiger partial charge in [0.15, 0.2) is 0 Å². The maximum Gasteiger partial charge on any atom is 0.0299 e. The van der Waals surface area contributed by atoms with Gasteiger partial charge in [-0.25, -0.2) is 0 Å². The topological polar surface area (TPSA) is 38.9 Å². The lowest BCUT2D eigenvalue weighted by Gasteiger charge is -2.10. The Hall–Kier alpha value is -0.890. The molecule has 11 heavy (non-hydrogen) atoms. The van der Waals surface area contributed by atoms with Gasteiger partial charge in [-0.1, -0.05) is 6.92 Å². The number of aromatic nitrogens is 1. The molecule has 0 saturated heterocycles. The van der Waals surface area contributed by atoms with Crippen LogP contribution in [0.3, 0.4) is 0 Å². The normalized spacial score (nSPS) is 13.0. The second-order valence-corrected chi connectivity index (χ2v) is 2.87. The molecule has 60 valence electrons. The minimum atomic E-state index is 0.443. The van der Waals surface area contributed by atoms with Crippen molar-refractivity contribution in [3.05, 3.63) is 29.6 Å².